The summed E-state index contributed by atoms with van der Waals surface area (Å²) in [6, 6.07) is 19.1. The second-order valence-electron chi connectivity index (χ2n) is 4.10. The van der Waals surface area contributed by atoms with Crippen LogP contribution in [-0.4, -0.2) is 10.8 Å². The molecule has 0 saturated heterocycles. The molecule has 0 aliphatic heterocycles. The molecule has 0 spiro atoms. The van der Waals surface area contributed by atoms with Crippen LogP contribution in [-0.2, 0) is 0 Å². The van der Waals surface area contributed by atoms with Gasteiger partial charge < -0.3 is 0 Å². The predicted molar refractivity (Wildman–Crippen MR) is 77.4 cm³/mol. The van der Waals surface area contributed by atoms with E-state index in [-0.39, 0.29) is 5.78 Å². The Morgan fingerprint density at radius 1 is 0.895 bits per heavy atom. The third-order valence-electron chi connectivity index (χ3n) is 2.79. The van der Waals surface area contributed by atoms with Crippen molar-refractivity contribution in [3.05, 3.63) is 77.3 Å². The highest BCUT2D eigenvalue weighted by molar-refractivity contribution is 7.13. The standard InChI is InChI=1S/C16H11NOS/c18-15(12-7-3-1-4-8-12)14-11-19-16(17-14)13-9-5-2-6-10-13/h1-11H. The van der Waals surface area contributed by atoms with Crippen molar-refractivity contribution in [3.63, 3.8) is 0 Å². The van der Waals surface area contributed by atoms with E-state index in [0.29, 0.717) is 11.3 Å². The lowest BCUT2D eigenvalue weighted by Crippen LogP contribution is -2.01. The van der Waals surface area contributed by atoms with Gasteiger partial charge in [0.05, 0.1) is 0 Å². The van der Waals surface area contributed by atoms with Gasteiger partial charge in [-0.25, -0.2) is 4.98 Å². The Hall–Kier alpha value is -2.26. The predicted octanol–water partition coefficient (Wildman–Crippen LogP) is 4.04. The van der Waals surface area contributed by atoms with Gasteiger partial charge in [-0.15, -0.1) is 11.3 Å². The highest BCUT2D eigenvalue weighted by Crippen LogP contribution is 2.24. The molecule has 2 aromatic carbocycles. The molecule has 0 unspecified atom stereocenters. The van der Waals surface area contributed by atoms with E-state index in [1.165, 1.54) is 11.3 Å². The lowest BCUT2D eigenvalue weighted by Gasteiger charge is -1.96. The maximum Gasteiger partial charge on any atom is 0.212 e. The number of aromatic nitrogens is 1. The van der Waals surface area contributed by atoms with Crippen molar-refractivity contribution >= 4 is 17.1 Å². The summed E-state index contributed by atoms with van der Waals surface area (Å²) in [5.74, 6) is -0.0287. The molecule has 92 valence electrons. The van der Waals surface area contributed by atoms with Crippen molar-refractivity contribution in [2.45, 2.75) is 0 Å². The van der Waals surface area contributed by atoms with E-state index >= 15 is 0 Å². The van der Waals surface area contributed by atoms with Crippen LogP contribution >= 0.6 is 11.3 Å². The van der Waals surface area contributed by atoms with E-state index in [0.717, 1.165) is 10.6 Å². The molecule has 3 rings (SSSR count). The molecule has 0 atom stereocenters. The Labute approximate surface area is 115 Å². The summed E-state index contributed by atoms with van der Waals surface area (Å²) < 4.78 is 0. The Morgan fingerprint density at radius 2 is 1.53 bits per heavy atom. The van der Waals surface area contributed by atoms with Crippen molar-refractivity contribution in [1.29, 1.82) is 0 Å². The van der Waals surface area contributed by atoms with Crippen LogP contribution in [0.3, 0.4) is 0 Å². The van der Waals surface area contributed by atoms with Crippen molar-refractivity contribution in [3.8, 4) is 10.6 Å². The number of nitrogens with zero attached hydrogens (tertiary/aromatic N) is 1. The van der Waals surface area contributed by atoms with Crippen LogP contribution in [0.2, 0.25) is 0 Å². The molecule has 1 aromatic heterocycles. The van der Waals surface area contributed by atoms with Gasteiger partial charge in [0.1, 0.15) is 10.7 Å². The molecule has 0 saturated carbocycles. The molecule has 2 nitrogen and oxygen atoms in total. The van der Waals surface area contributed by atoms with Crippen molar-refractivity contribution in [1.82, 2.24) is 4.98 Å². The topological polar surface area (TPSA) is 30.0 Å². The van der Waals surface area contributed by atoms with Gasteiger partial charge in [0.25, 0.3) is 0 Å². The summed E-state index contributed by atoms with van der Waals surface area (Å²) in [7, 11) is 0. The van der Waals surface area contributed by atoms with Gasteiger partial charge in [0.15, 0.2) is 0 Å². The number of rotatable bonds is 3. The zero-order valence-electron chi connectivity index (χ0n) is 10.1. The fourth-order valence-corrected chi connectivity index (χ4v) is 2.63. The second kappa shape index (κ2) is 5.16. The first kappa shape index (κ1) is 11.8. The minimum Gasteiger partial charge on any atom is -0.287 e. The van der Waals surface area contributed by atoms with Crippen LogP contribution in [0.1, 0.15) is 16.1 Å². The van der Waals surface area contributed by atoms with Crippen LogP contribution in [0, 0.1) is 0 Å². The highest BCUT2D eigenvalue weighted by Gasteiger charge is 2.13. The third-order valence-corrected chi connectivity index (χ3v) is 3.68. The minimum atomic E-state index is -0.0287. The van der Waals surface area contributed by atoms with E-state index in [1.807, 2.05) is 66.0 Å². The molecular formula is C16H11NOS. The van der Waals surface area contributed by atoms with Gasteiger partial charge in [-0.3, -0.25) is 4.79 Å². The van der Waals surface area contributed by atoms with Gasteiger partial charge in [0.2, 0.25) is 5.78 Å². The van der Waals surface area contributed by atoms with E-state index in [1.54, 1.807) is 0 Å². The SMILES string of the molecule is O=C(c1ccccc1)c1csc(-c2ccccc2)n1. The molecule has 0 fully saturated rings. The molecule has 0 aliphatic carbocycles. The average molecular weight is 265 g/mol. The summed E-state index contributed by atoms with van der Waals surface area (Å²) in [4.78, 5) is 16.7. The fourth-order valence-electron chi connectivity index (χ4n) is 1.83. The Morgan fingerprint density at radius 3 is 2.21 bits per heavy atom. The normalized spacial score (nSPS) is 10.3. The van der Waals surface area contributed by atoms with Crippen LogP contribution < -0.4 is 0 Å². The molecule has 19 heavy (non-hydrogen) atoms. The van der Waals surface area contributed by atoms with E-state index < -0.39 is 0 Å². The van der Waals surface area contributed by atoms with Gasteiger partial charge in [0, 0.05) is 16.5 Å². The third kappa shape index (κ3) is 2.46. The molecule has 0 amide bonds. The molecule has 3 heteroatoms. The fraction of sp³-hybridized carbons (Fsp3) is 0. The van der Waals surface area contributed by atoms with Crippen molar-refractivity contribution < 1.29 is 4.79 Å². The second-order valence-corrected chi connectivity index (χ2v) is 4.96. The Kier molecular flexibility index (Phi) is 3.21. The van der Waals surface area contributed by atoms with Gasteiger partial charge in [-0.05, 0) is 0 Å². The van der Waals surface area contributed by atoms with Crippen LogP contribution in [0.25, 0.3) is 10.6 Å². The van der Waals surface area contributed by atoms with E-state index in [2.05, 4.69) is 4.98 Å². The summed E-state index contributed by atoms with van der Waals surface area (Å²) in [6.45, 7) is 0. The summed E-state index contributed by atoms with van der Waals surface area (Å²) in [5, 5.41) is 2.69. The first-order valence-corrected chi connectivity index (χ1v) is 6.83. The monoisotopic (exact) mass is 265 g/mol. The molecule has 0 aliphatic rings. The van der Waals surface area contributed by atoms with Crippen LogP contribution in [0.15, 0.2) is 66.0 Å². The Bertz CT molecular complexity index is 689. The van der Waals surface area contributed by atoms with Gasteiger partial charge in [-0.2, -0.15) is 0 Å². The van der Waals surface area contributed by atoms with E-state index in [4.69, 9.17) is 0 Å². The number of benzene rings is 2. The summed E-state index contributed by atoms with van der Waals surface area (Å²) in [6.07, 6.45) is 0. The molecular weight excluding hydrogens is 254 g/mol. The number of carbonyl (C=O) groups is 1. The number of hydrogen-bond acceptors (Lipinski definition) is 3. The molecule has 3 aromatic rings. The van der Waals surface area contributed by atoms with E-state index in [9.17, 15) is 4.79 Å². The summed E-state index contributed by atoms with van der Waals surface area (Å²) >= 11 is 1.49. The van der Waals surface area contributed by atoms with Crippen molar-refractivity contribution in [2.75, 3.05) is 0 Å². The average Bonchev–Trinajstić information content (AvgIpc) is 2.98. The highest BCUT2D eigenvalue weighted by atomic mass is 32.1. The van der Waals surface area contributed by atoms with Gasteiger partial charge >= 0.3 is 0 Å². The lowest BCUT2D eigenvalue weighted by atomic mass is 10.1. The maximum atomic E-state index is 12.2. The quantitative estimate of drug-likeness (QED) is 0.669. The van der Waals surface area contributed by atoms with Crippen molar-refractivity contribution in [2.24, 2.45) is 0 Å². The molecule has 1 heterocycles. The zero-order valence-corrected chi connectivity index (χ0v) is 10.9. The largest absolute Gasteiger partial charge is 0.287 e. The van der Waals surface area contributed by atoms with Crippen LogP contribution in [0.5, 0.6) is 0 Å². The molecule has 0 radical (unpaired) electrons. The number of hydrogen-bond donors (Lipinski definition) is 0. The van der Waals surface area contributed by atoms with Crippen LogP contribution in [0.4, 0.5) is 0 Å². The molecule has 0 bridgehead atoms. The smallest absolute Gasteiger partial charge is 0.212 e. The summed E-state index contributed by atoms with van der Waals surface area (Å²) in [5.41, 5.74) is 2.22. The molecule has 0 N–H and O–H groups in total. The Balaban J connectivity index is 1.92. The number of thiazole rings is 1. The maximum absolute atomic E-state index is 12.2. The minimum absolute atomic E-state index is 0.0287. The zero-order chi connectivity index (χ0) is 13.1. The van der Waals surface area contributed by atoms with Gasteiger partial charge in [-0.1, -0.05) is 60.7 Å². The number of ketones is 1. The number of carbonyl (C=O) groups excluding carboxylic acids is 1. The first-order valence-electron chi connectivity index (χ1n) is 5.95. The lowest BCUT2D eigenvalue weighted by molar-refractivity contribution is 0.103. The first-order chi connectivity index (χ1) is 9.34.